The molecule has 1 aliphatic heterocycles. The molecule has 0 bridgehead atoms. The van der Waals surface area contributed by atoms with Gasteiger partial charge in [0.05, 0.1) is 17.2 Å². The first-order valence-corrected chi connectivity index (χ1v) is 7.29. The molecule has 0 aromatic heterocycles. The SMILES string of the molecule is O=C([O-])C[C@@H](c1ccccc1Cl)N1C(=O)c2ccccc2C1=O. The maximum atomic E-state index is 12.6. The second-order valence-electron chi connectivity index (χ2n) is 5.14. The van der Waals surface area contributed by atoms with Crippen LogP contribution in [0.25, 0.3) is 0 Å². The number of fused-ring (bicyclic) bond motifs is 1. The fourth-order valence-electron chi connectivity index (χ4n) is 2.73. The summed E-state index contributed by atoms with van der Waals surface area (Å²) < 4.78 is 0. The molecule has 0 spiro atoms. The molecule has 3 rings (SSSR count). The molecule has 0 radical (unpaired) electrons. The van der Waals surface area contributed by atoms with E-state index in [1.165, 1.54) is 12.1 Å². The summed E-state index contributed by atoms with van der Waals surface area (Å²) in [6.07, 6.45) is -0.519. The Hall–Kier alpha value is -2.66. The van der Waals surface area contributed by atoms with Crippen LogP contribution in [0.15, 0.2) is 48.5 Å². The van der Waals surface area contributed by atoms with Gasteiger partial charge in [0.15, 0.2) is 0 Å². The number of carbonyl (C=O) groups excluding carboxylic acids is 3. The molecule has 116 valence electrons. The predicted octanol–water partition coefficient (Wildman–Crippen LogP) is 1.82. The van der Waals surface area contributed by atoms with Crippen molar-refractivity contribution < 1.29 is 19.5 Å². The lowest BCUT2D eigenvalue weighted by Gasteiger charge is -2.27. The summed E-state index contributed by atoms with van der Waals surface area (Å²) in [5.41, 5.74) is 0.911. The van der Waals surface area contributed by atoms with Crippen LogP contribution in [0.3, 0.4) is 0 Å². The Labute approximate surface area is 137 Å². The molecule has 1 heterocycles. The second-order valence-corrected chi connectivity index (χ2v) is 5.55. The van der Waals surface area contributed by atoms with Crippen molar-refractivity contribution in [2.24, 2.45) is 0 Å². The van der Waals surface area contributed by atoms with Crippen molar-refractivity contribution in [2.75, 3.05) is 0 Å². The van der Waals surface area contributed by atoms with Gasteiger partial charge in [0.1, 0.15) is 0 Å². The van der Waals surface area contributed by atoms with Crippen molar-refractivity contribution in [1.82, 2.24) is 4.90 Å². The molecule has 1 aliphatic rings. The van der Waals surface area contributed by atoms with Crippen LogP contribution in [0.4, 0.5) is 0 Å². The van der Waals surface area contributed by atoms with Crippen LogP contribution in [0.2, 0.25) is 5.02 Å². The molecular formula is C17H11ClNO4-. The third-order valence-electron chi connectivity index (χ3n) is 3.76. The number of halogens is 1. The van der Waals surface area contributed by atoms with E-state index in [1.54, 1.807) is 36.4 Å². The Bertz CT molecular complexity index is 783. The molecule has 0 saturated heterocycles. The van der Waals surface area contributed by atoms with Gasteiger partial charge in [-0.15, -0.1) is 0 Å². The minimum absolute atomic E-state index is 0.257. The lowest BCUT2D eigenvalue weighted by Crippen LogP contribution is -2.38. The third-order valence-corrected chi connectivity index (χ3v) is 4.11. The van der Waals surface area contributed by atoms with Crippen LogP contribution in [-0.4, -0.2) is 22.7 Å². The van der Waals surface area contributed by atoms with E-state index in [1.807, 2.05) is 0 Å². The molecule has 2 amide bonds. The van der Waals surface area contributed by atoms with E-state index in [0.717, 1.165) is 4.90 Å². The maximum absolute atomic E-state index is 12.6. The molecule has 0 aliphatic carbocycles. The number of imide groups is 1. The summed E-state index contributed by atoms with van der Waals surface area (Å²) in [6.45, 7) is 0. The van der Waals surface area contributed by atoms with Crippen molar-refractivity contribution in [2.45, 2.75) is 12.5 Å². The molecule has 0 saturated carbocycles. The first-order chi connectivity index (χ1) is 11.0. The zero-order valence-corrected chi connectivity index (χ0v) is 12.6. The van der Waals surface area contributed by atoms with E-state index in [-0.39, 0.29) is 16.1 Å². The fraction of sp³-hybridized carbons (Fsp3) is 0.118. The zero-order valence-electron chi connectivity index (χ0n) is 11.9. The molecular weight excluding hydrogens is 318 g/mol. The van der Waals surface area contributed by atoms with Crippen LogP contribution in [0.5, 0.6) is 0 Å². The van der Waals surface area contributed by atoms with Gasteiger partial charge in [-0.3, -0.25) is 14.5 Å². The number of amides is 2. The number of nitrogens with zero attached hydrogens (tertiary/aromatic N) is 1. The van der Waals surface area contributed by atoms with E-state index in [2.05, 4.69) is 0 Å². The minimum Gasteiger partial charge on any atom is -0.550 e. The number of hydrogen-bond acceptors (Lipinski definition) is 4. The van der Waals surface area contributed by atoms with Gasteiger partial charge in [0, 0.05) is 17.4 Å². The zero-order chi connectivity index (χ0) is 16.6. The van der Waals surface area contributed by atoms with Gasteiger partial charge in [-0.25, -0.2) is 0 Å². The first kappa shape index (κ1) is 15.2. The van der Waals surface area contributed by atoms with Crippen LogP contribution >= 0.6 is 11.6 Å². The molecule has 23 heavy (non-hydrogen) atoms. The Kier molecular flexibility index (Phi) is 3.88. The number of carboxylic acid groups (broad SMARTS) is 1. The van der Waals surface area contributed by atoms with E-state index < -0.39 is 30.2 Å². The van der Waals surface area contributed by atoms with Crippen molar-refractivity contribution in [3.8, 4) is 0 Å². The number of hydrogen-bond donors (Lipinski definition) is 0. The minimum atomic E-state index is -1.37. The highest BCUT2D eigenvalue weighted by Crippen LogP contribution is 2.36. The highest BCUT2D eigenvalue weighted by Gasteiger charge is 2.40. The Balaban J connectivity index is 2.09. The molecule has 5 nitrogen and oxygen atoms in total. The first-order valence-electron chi connectivity index (χ1n) is 6.92. The third kappa shape index (κ3) is 2.59. The Morgan fingerprint density at radius 3 is 2.04 bits per heavy atom. The number of aliphatic carboxylic acids is 1. The number of benzene rings is 2. The van der Waals surface area contributed by atoms with Crippen LogP contribution in [0, 0.1) is 0 Å². The summed E-state index contributed by atoms with van der Waals surface area (Å²) in [5, 5.41) is 11.4. The molecule has 2 aromatic carbocycles. The van der Waals surface area contributed by atoms with Gasteiger partial charge < -0.3 is 9.90 Å². The largest absolute Gasteiger partial charge is 0.550 e. The van der Waals surface area contributed by atoms with Crippen molar-refractivity contribution in [1.29, 1.82) is 0 Å². The Morgan fingerprint density at radius 1 is 1.00 bits per heavy atom. The molecule has 0 N–H and O–H groups in total. The van der Waals surface area contributed by atoms with E-state index in [9.17, 15) is 19.5 Å². The smallest absolute Gasteiger partial charge is 0.262 e. The molecule has 0 fully saturated rings. The van der Waals surface area contributed by atoms with Gasteiger partial charge in [-0.2, -0.15) is 0 Å². The van der Waals surface area contributed by atoms with Gasteiger partial charge >= 0.3 is 0 Å². The van der Waals surface area contributed by atoms with Crippen LogP contribution < -0.4 is 5.11 Å². The molecule has 2 aromatic rings. The second kappa shape index (κ2) is 5.85. The number of rotatable bonds is 4. The highest BCUT2D eigenvalue weighted by atomic mass is 35.5. The van der Waals surface area contributed by atoms with E-state index in [0.29, 0.717) is 5.56 Å². The molecule has 6 heteroatoms. The van der Waals surface area contributed by atoms with E-state index in [4.69, 9.17) is 11.6 Å². The molecule has 1 atom stereocenters. The normalized spacial score (nSPS) is 14.7. The quantitative estimate of drug-likeness (QED) is 0.802. The standard InChI is InChI=1S/C17H12ClNO4/c18-13-8-4-3-7-12(13)14(9-15(20)21)19-16(22)10-5-1-2-6-11(10)17(19)23/h1-8,14H,9H2,(H,20,21)/p-1/t14-/m0/s1. The number of carboxylic acids is 1. The Morgan fingerprint density at radius 2 is 1.52 bits per heavy atom. The maximum Gasteiger partial charge on any atom is 0.262 e. The lowest BCUT2D eigenvalue weighted by atomic mass is 10.0. The lowest BCUT2D eigenvalue weighted by molar-refractivity contribution is -0.306. The predicted molar refractivity (Wildman–Crippen MR) is 80.8 cm³/mol. The highest BCUT2D eigenvalue weighted by molar-refractivity contribution is 6.31. The topological polar surface area (TPSA) is 77.5 Å². The molecule has 0 unspecified atom stereocenters. The summed E-state index contributed by atoms with van der Waals surface area (Å²) in [5.74, 6) is -2.43. The van der Waals surface area contributed by atoms with Gasteiger partial charge in [0.2, 0.25) is 0 Å². The monoisotopic (exact) mass is 328 g/mol. The van der Waals surface area contributed by atoms with Gasteiger partial charge in [-0.1, -0.05) is 41.9 Å². The summed E-state index contributed by atoms with van der Waals surface area (Å²) in [4.78, 5) is 37.2. The van der Waals surface area contributed by atoms with Crippen LogP contribution in [0.1, 0.15) is 38.7 Å². The number of carbonyl (C=O) groups is 3. The van der Waals surface area contributed by atoms with Crippen molar-refractivity contribution >= 4 is 29.4 Å². The average Bonchev–Trinajstić information content (AvgIpc) is 2.78. The summed E-state index contributed by atoms with van der Waals surface area (Å²) in [6, 6.07) is 11.9. The fourth-order valence-corrected chi connectivity index (χ4v) is 3.00. The average molecular weight is 329 g/mol. The summed E-state index contributed by atoms with van der Waals surface area (Å²) >= 11 is 6.12. The summed E-state index contributed by atoms with van der Waals surface area (Å²) in [7, 11) is 0. The van der Waals surface area contributed by atoms with Crippen molar-refractivity contribution in [3.05, 3.63) is 70.2 Å². The van der Waals surface area contributed by atoms with Gasteiger partial charge in [-0.05, 0) is 23.8 Å². The van der Waals surface area contributed by atoms with E-state index >= 15 is 0 Å². The van der Waals surface area contributed by atoms with Crippen molar-refractivity contribution in [3.63, 3.8) is 0 Å². The van der Waals surface area contributed by atoms with Gasteiger partial charge in [0.25, 0.3) is 11.8 Å². The van der Waals surface area contributed by atoms with Crippen LogP contribution in [-0.2, 0) is 4.79 Å².